The first-order chi connectivity index (χ1) is 9.10. The zero-order valence-electron chi connectivity index (χ0n) is 13.0. The Balaban J connectivity index is 4.30. The second kappa shape index (κ2) is 11.0. The number of carbonyl (C=O) groups is 2. The fourth-order valence-electron chi connectivity index (χ4n) is 2.14. The van der Waals surface area contributed by atoms with Gasteiger partial charge in [0.1, 0.15) is 0 Å². The van der Waals surface area contributed by atoms with Crippen molar-refractivity contribution in [2.45, 2.75) is 79.1 Å². The van der Waals surface area contributed by atoms with Crippen molar-refractivity contribution in [2.75, 3.05) is 0 Å². The van der Waals surface area contributed by atoms with Gasteiger partial charge >= 0.3 is 11.9 Å². The smallest absolute Gasteiger partial charge is 0.316 e. The first-order valence-electron chi connectivity index (χ1n) is 7.86. The average Bonchev–Trinajstić information content (AvgIpc) is 2.40. The molecule has 0 aromatic carbocycles. The van der Waals surface area contributed by atoms with Crippen molar-refractivity contribution in [2.24, 2.45) is 11.8 Å². The van der Waals surface area contributed by atoms with Crippen LogP contribution in [0.5, 0.6) is 0 Å². The molecule has 0 bridgehead atoms. The number of carbonyl (C=O) groups excluding carboxylic acids is 2. The number of hydrogen-bond acceptors (Lipinski definition) is 3. The topological polar surface area (TPSA) is 43.4 Å². The van der Waals surface area contributed by atoms with E-state index in [0.717, 1.165) is 51.4 Å². The van der Waals surface area contributed by atoms with E-state index in [1.54, 1.807) is 0 Å². The molecule has 0 radical (unpaired) electrons. The Morgan fingerprint density at radius 2 is 1.16 bits per heavy atom. The molecular weight excluding hydrogens is 240 g/mol. The molecular formula is C16H30O3. The highest BCUT2D eigenvalue weighted by Crippen LogP contribution is 2.18. The Hall–Kier alpha value is -0.860. The van der Waals surface area contributed by atoms with E-state index in [1.807, 2.05) is 13.8 Å². The molecule has 0 aromatic heterocycles. The lowest BCUT2D eigenvalue weighted by molar-refractivity contribution is -0.166. The van der Waals surface area contributed by atoms with E-state index in [2.05, 4.69) is 13.8 Å². The van der Waals surface area contributed by atoms with Crippen LogP contribution in [0, 0.1) is 11.8 Å². The number of rotatable bonds is 10. The highest BCUT2D eigenvalue weighted by molar-refractivity contribution is 5.87. The Bertz CT molecular complexity index is 235. The summed E-state index contributed by atoms with van der Waals surface area (Å²) < 4.78 is 5.07. The highest BCUT2D eigenvalue weighted by Gasteiger charge is 2.24. The zero-order valence-corrected chi connectivity index (χ0v) is 13.0. The summed E-state index contributed by atoms with van der Waals surface area (Å²) in [5.74, 6) is -0.882. The fourth-order valence-corrected chi connectivity index (χ4v) is 2.14. The molecule has 0 spiro atoms. The predicted octanol–water partition coefficient (Wildman–Crippen LogP) is 4.49. The summed E-state index contributed by atoms with van der Waals surface area (Å²) in [7, 11) is 0. The van der Waals surface area contributed by atoms with Crippen molar-refractivity contribution in [3.8, 4) is 0 Å². The van der Waals surface area contributed by atoms with Gasteiger partial charge in [0.25, 0.3) is 0 Å². The molecule has 0 heterocycles. The van der Waals surface area contributed by atoms with Crippen LogP contribution in [-0.4, -0.2) is 11.9 Å². The molecule has 0 aromatic rings. The van der Waals surface area contributed by atoms with Gasteiger partial charge in [0, 0.05) is 0 Å². The van der Waals surface area contributed by atoms with Gasteiger partial charge in [-0.3, -0.25) is 9.59 Å². The molecule has 2 atom stereocenters. The molecule has 0 amide bonds. The van der Waals surface area contributed by atoms with Gasteiger partial charge in [-0.05, 0) is 25.7 Å². The Labute approximate surface area is 118 Å². The monoisotopic (exact) mass is 270 g/mol. The summed E-state index contributed by atoms with van der Waals surface area (Å²) in [5.41, 5.74) is 0. The van der Waals surface area contributed by atoms with E-state index in [-0.39, 0.29) is 23.8 Å². The van der Waals surface area contributed by atoms with Gasteiger partial charge in [0.15, 0.2) is 0 Å². The van der Waals surface area contributed by atoms with Crippen LogP contribution in [0.1, 0.15) is 79.1 Å². The summed E-state index contributed by atoms with van der Waals surface area (Å²) in [6.07, 6.45) is 7.28. The minimum absolute atomic E-state index is 0.118. The minimum atomic E-state index is -0.323. The molecule has 0 aliphatic heterocycles. The van der Waals surface area contributed by atoms with Crippen molar-refractivity contribution < 1.29 is 14.3 Å². The highest BCUT2D eigenvalue weighted by atomic mass is 16.6. The molecule has 0 unspecified atom stereocenters. The number of ether oxygens (including phenoxy) is 1. The van der Waals surface area contributed by atoms with Crippen LogP contribution in [-0.2, 0) is 14.3 Å². The van der Waals surface area contributed by atoms with Crippen LogP contribution >= 0.6 is 0 Å². The second-order valence-corrected chi connectivity index (χ2v) is 5.23. The summed E-state index contributed by atoms with van der Waals surface area (Å²) in [6.45, 7) is 8.14. The normalized spacial score (nSPS) is 13.9. The maximum atomic E-state index is 11.9. The predicted molar refractivity (Wildman–Crippen MR) is 77.7 cm³/mol. The Morgan fingerprint density at radius 3 is 1.42 bits per heavy atom. The minimum Gasteiger partial charge on any atom is -0.393 e. The molecule has 0 aliphatic carbocycles. The van der Waals surface area contributed by atoms with Crippen LogP contribution in [0.3, 0.4) is 0 Å². The van der Waals surface area contributed by atoms with E-state index in [0.29, 0.717) is 0 Å². The molecule has 0 fully saturated rings. The van der Waals surface area contributed by atoms with Gasteiger partial charge in [0.05, 0.1) is 11.8 Å². The standard InChI is InChI=1S/C16H30O3/c1-5-9-11-13(7-3)15(17)19-16(18)14(8-4)12-10-6-2/h13-14H,5-12H2,1-4H3/t13-,14-/m1/s1. The number of unbranched alkanes of at least 4 members (excludes halogenated alkanes) is 2. The molecule has 112 valence electrons. The molecule has 19 heavy (non-hydrogen) atoms. The van der Waals surface area contributed by atoms with E-state index in [9.17, 15) is 9.59 Å². The SMILES string of the molecule is CCCC[C@@H](CC)C(=O)OC(=O)[C@H](CC)CCCC. The van der Waals surface area contributed by atoms with E-state index >= 15 is 0 Å². The van der Waals surface area contributed by atoms with Crippen molar-refractivity contribution in [3.05, 3.63) is 0 Å². The zero-order chi connectivity index (χ0) is 14.7. The number of hydrogen-bond donors (Lipinski definition) is 0. The summed E-state index contributed by atoms with van der Waals surface area (Å²) >= 11 is 0. The third-order valence-corrected chi connectivity index (χ3v) is 3.67. The van der Waals surface area contributed by atoms with Crippen LogP contribution < -0.4 is 0 Å². The van der Waals surface area contributed by atoms with Gasteiger partial charge in [-0.15, -0.1) is 0 Å². The van der Waals surface area contributed by atoms with Crippen molar-refractivity contribution in [1.29, 1.82) is 0 Å². The molecule has 3 nitrogen and oxygen atoms in total. The molecule has 0 saturated carbocycles. The third-order valence-electron chi connectivity index (χ3n) is 3.67. The lowest BCUT2D eigenvalue weighted by Crippen LogP contribution is -2.25. The average molecular weight is 270 g/mol. The maximum Gasteiger partial charge on any atom is 0.316 e. The fraction of sp³-hybridized carbons (Fsp3) is 0.875. The van der Waals surface area contributed by atoms with Crippen molar-refractivity contribution >= 4 is 11.9 Å². The van der Waals surface area contributed by atoms with E-state index in [4.69, 9.17) is 4.74 Å². The largest absolute Gasteiger partial charge is 0.393 e. The van der Waals surface area contributed by atoms with Gasteiger partial charge in [-0.2, -0.15) is 0 Å². The van der Waals surface area contributed by atoms with Gasteiger partial charge in [0.2, 0.25) is 0 Å². The molecule has 0 N–H and O–H groups in total. The van der Waals surface area contributed by atoms with Gasteiger partial charge in [-0.25, -0.2) is 0 Å². The maximum absolute atomic E-state index is 11.9. The quantitative estimate of drug-likeness (QED) is 0.434. The van der Waals surface area contributed by atoms with Crippen LogP contribution in [0.25, 0.3) is 0 Å². The number of esters is 2. The molecule has 0 saturated heterocycles. The summed E-state index contributed by atoms with van der Waals surface area (Å²) in [5, 5.41) is 0. The molecule has 0 rings (SSSR count). The van der Waals surface area contributed by atoms with E-state index < -0.39 is 0 Å². The molecule has 3 heteroatoms. The van der Waals surface area contributed by atoms with Crippen molar-refractivity contribution in [3.63, 3.8) is 0 Å². The molecule has 0 aliphatic rings. The Kier molecular flexibility index (Phi) is 10.5. The third kappa shape index (κ3) is 7.34. The van der Waals surface area contributed by atoms with Crippen molar-refractivity contribution in [1.82, 2.24) is 0 Å². The lowest BCUT2D eigenvalue weighted by atomic mass is 9.98. The summed E-state index contributed by atoms with van der Waals surface area (Å²) in [6, 6.07) is 0. The Morgan fingerprint density at radius 1 is 0.789 bits per heavy atom. The first-order valence-corrected chi connectivity index (χ1v) is 7.86. The van der Waals surface area contributed by atoms with Gasteiger partial charge in [-0.1, -0.05) is 53.4 Å². The summed E-state index contributed by atoms with van der Waals surface area (Å²) in [4.78, 5) is 23.9. The first kappa shape index (κ1) is 18.1. The van der Waals surface area contributed by atoms with Crippen LogP contribution in [0.4, 0.5) is 0 Å². The van der Waals surface area contributed by atoms with Crippen LogP contribution in [0.2, 0.25) is 0 Å². The lowest BCUT2D eigenvalue weighted by Gasteiger charge is -2.16. The second-order valence-electron chi connectivity index (χ2n) is 5.23. The van der Waals surface area contributed by atoms with Crippen LogP contribution in [0.15, 0.2) is 0 Å². The van der Waals surface area contributed by atoms with E-state index in [1.165, 1.54) is 0 Å². The van der Waals surface area contributed by atoms with Gasteiger partial charge < -0.3 is 4.74 Å².